The molecule has 0 fully saturated rings. The highest BCUT2D eigenvalue weighted by atomic mass is 32.1. The summed E-state index contributed by atoms with van der Waals surface area (Å²) in [5.74, 6) is 0.825. The molecule has 2 aromatic rings. The Balaban J connectivity index is 1.51. The molecule has 1 unspecified atom stereocenters. The summed E-state index contributed by atoms with van der Waals surface area (Å²) in [6, 6.07) is 16.3. The molecule has 1 amide bonds. The normalized spacial score (nSPS) is 14.7. The summed E-state index contributed by atoms with van der Waals surface area (Å²) in [4.78, 5) is 11.5. The van der Waals surface area contributed by atoms with Gasteiger partial charge < -0.3 is 10.1 Å². The second-order valence-electron chi connectivity index (χ2n) is 5.82. The van der Waals surface area contributed by atoms with Gasteiger partial charge in [-0.25, -0.2) is 0 Å². The molecule has 0 bridgehead atoms. The summed E-state index contributed by atoms with van der Waals surface area (Å²) in [6.07, 6.45) is 4.29. The molecule has 0 aromatic heterocycles. The SMILES string of the molecule is O=C1CCc2ccc(OC(S)CCCc3ccccc3)cc2N1. The Bertz CT molecular complexity index is 672. The van der Waals surface area contributed by atoms with Gasteiger partial charge in [-0.1, -0.05) is 36.4 Å². The lowest BCUT2D eigenvalue weighted by atomic mass is 10.0. The van der Waals surface area contributed by atoms with Crippen molar-refractivity contribution in [3.63, 3.8) is 0 Å². The van der Waals surface area contributed by atoms with Crippen LogP contribution in [0.1, 0.15) is 30.4 Å². The Morgan fingerprint density at radius 3 is 2.78 bits per heavy atom. The van der Waals surface area contributed by atoms with E-state index in [2.05, 4.69) is 42.2 Å². The van der Waals surface area contributed by atoms with Crippen LogP contribution in [0.4, 0.5) is 5.69 Å². The third-order valence-corrected chi connectivity index (χ3v) is 4.37. The summed E-state index contributed by atoms with van der Waals surface area (Å²) in [7, 11) is 0. The molecular formula is C19H21NO2S. The molecule has 1 atom stereocenters. The zero-order valence-corrected chi connectivity index (χ0v) is 13.9. The van der Waals surface area contributed by atoms with Crippen molar-refractivity contribution in [1.82, 2.24) is 0 Å². The van der Waals surface area contributed by atoms with Crippen LogP contribution in [-0.4, -0.2) is 11.3 Å². The smallest absolute Gasteiger partial charge is 0.224 e. The molecule has 3 nitrogen and oxygen atoms in total. The van der Waals surface area contributed by atoms with Crippen LogP contribution in [0.5, 0.6) is 5.75 Å². The van der Waals surface area contributed by atoms with Gasteiger partial charge in [0.05, 0.1) is 0 Å². The maximum absolute atomic E-state index is 11.5. The number of rotatable bonds is 6. The summed E-state index contributed by atoms with van der Waals surface area (Å²) < 4.78 is 5.87. The van der Waals surface area contributed by atoms with E-state index in [-0.39, 0.29) is 11.3 Å². The number of hydrogen-bond donors (Lipinski definition) is 2. The number of anilines is 1. The minimum absolute atomic E-state index is 0.0694. The highest BCUT2D eigenvalue weighted by Gasteiger charge is 2.15. The predicted octanol–water partition coefficient (Wildman–Crippen LogP) is 4.23. The van der Waals surface area contributed by atoms with Gasteiger partial charge in [-0.2, -0.15) is 0 Å². The van der Waals surface area contributed by atoms with Crippen LogP contribution in [0.2, 0.25) is 0 Å². The third-order valence-electron chi connectivity index (χ3n) is 4.01. The fraction of sp³-hybridized carbons (Fsp3) is 0.316. The number of aryl methyl sites for hydroxylation is 2. The molecule has 4 heteroatoms. The van der Waals surface area contributed by atoms with Crippen molar-refractivity contribution in [1.29, 1.82) is 0 Å². The van der Waals surface area contributed by atoms with Crippen LogP contribution >= 0.6 is 12.6 Å². The molecule has 0 saturated heterocycles. The zero-order chi connectivity index (χ0) is 16.1. The molecule has 0 saturated carbocycles. The number of hydrogen-bond acceptors (Lipinski definition) is 3. The van der Waals surface area contributed by atoms with Crippen molar-refractivity contribution in [2.75, 3.05) is 5.32 Å². The zero-order valence-electron chi connectivity index (χ0n) is 13.0. The fourth-order valence-electron chi connectivity index (χ4n) is 2.77. The Kier molecular flexibility index (Phi) is 5.23. The van der Waals surface area contributed by atoms with Crippen molar-refractivity contribution >= 4 is 24.2 Å². The van der Waals surface area contributed by atoms with Crippen LogP contribution < -0.4 is 10.1 Å². The molecule has 3 rings (SSSR count). The van der Waals surface area contributed by atoms with Crippen LogP contribution in [0.25, 0.3) is 0 Å². The Morgan fingerprint density at radius 2 is 1.96 bits per heavy atom. The molecule has 0 aliphatic carbocycles. The van der Waals surface area contributed by atoms with Gasteiger partial charge >= 0.3 is 0 Å². The van der Waals surface area contributed by atoms with Crippen LogP contribution in [-0.2, 0) is 17.6 Å². The van der Waals surface area contributed by atoms with Crippen molar-refractivity contribution in [3.05, 3.63) is 59.7 Å². The Labute approximate surface area is 142 Å². The first-order valence-electron chi connectivity index (χ1n) is 8.02. The lowest BCUT2D eigenvalue weighted by Gasteiger charge is -2.19. The van der Waals surface area contributed by atoms with Gasteiger partial charge in [0, 0.05) is 18.2 Å². The van der Waals surface area contributed by atoms with Crippen LogP contribution in [0.15, 0.2) is 48.5 Å². The van der Waals surface area contributed by atoms with Crippen LogP contribution in [0, 0.1) is 0 Å². The fourth-order valence-corrected chi connectivity index (χ4v) is 3.07. The number of carbonyl (C=O) groups is 1. The first-order valence-corrected chi connectivity index (χ1v) is 8.54. The average Bonchev–Trinajstić information content (AvgIpc) is 2.55. The van der Waals surface area contributed by atoms with Crippen molar-refractivity contribution < 1.29 is 9.53 Å². The van der Waals surface area contributed by atoms with E-state index < -0.39 is 0 Å². The van der Waals surface area contributed by atoms with Gasteiger partial charge in [-0.05, 0) is 42.9 Å². The number of ether oxygens (including phenoxy) is 1. The molecule has 1 heterocycles. The maximum Gasteiger partial charge on any atom is 0.224 e. The molecule has 1 aliphatic rings. The molecule has 1 N–H and O–H groups in total. The van der Waals surface area contributed by atoms with E-state index in [0.29, 0.717) is 6.42 Å². The second-order valence-corrected chi connectivity index (χ2v) is 6.39. The van der Waals surface area contributed by atoms with E-state index in [4.69, 9.17) is 4.74 Å². The minimum atomic E-state index is -0.143. The second kappa shape index (κ2) is 7.55. The van der Waals surface area contributed by atoms with E-state index in [1.807, 2.05) is 24.3 Å². The van der Waals surface area contributed by atoms with Crippen LogP contribution in [0.3, 0.4) is 0 Å². The quantitative estimate of drug-likeness (QED) is 0.615. The van der Waals surface area contributed by atoms with Gasteiger partial charge in [0.1, 0.15) is 11.2 Å². The molecule has 120 valence electrons. The number of carbonyl (C=O) groups excluding carboxylic acids is 1. The first-order chi connectivity index (χ1) is 11.2. The standard InChI is InChI=1S/C19H21NO2S/c21-18-12-10-15-9-11-16(13-17(15)20-18)22-19(23)8-4-7-14-5-2-1-3-6-14/h1-3,5-6,9,11,13,19,23H,4,7-8,10,12H2,(H,20,21). The lowest BCUT2D eigenvalue weighted by molar-refractivity contribution is -0.116. The molecule has 0 spiro atoms. The lowest BCUT2D eigenvalue weighted by Crippen LogP contribution is -2.19. The maximum atomic E-state index is 11.5. The van der Waals surface area contributed by atoms with Gasteiger partial charge in [-0.3, -0.25) is 4.79 Å². The third kappa shape index (κ3) is 4.52. The number of amides is 1. The highest BCUT2D eigenvalue weighted by molar-refractivity contribution is 7.80. The van der Waals surface area contributed by atoms with Crippen molar-refractivity contribution in [2.45, 2.75) is 37.5 Å². The Morgan fingerprint density at radius 1 is 1.13 bits per heavy atom. The Hall–Kier alpha value is -1.94. The van der Waals surface area contributed by atoms with Crippen molar-refractivity contribution in [3.8, 4) is 5.75 Å². The number of thiol groups is 1. The molecule has 0 radical (unpaired) electrons. The van der Waals surface area contributed by atoms with Gasteiger partial charge in [0.25, 0.3) is 0 Å². The molecular weight excluding hydrogens is 306 g/mol. The van der Waals surface area contributed by atoms with E-state index in [9.17, 15) is 4.79 Å². The van der Waals surface area contributed by atoms with E-state index in [0.717, 1.165) is 42.7 Å². The highest BCUT2D eigenvalue weighted by Crippen LogP contribution is 2.28. The van der Waals surface area contributed by atoms with Crippen molar-refractivity contribution in [2.24, 2.45) is 0 Å². The number of nitrogens with one attached hydrogen (secondary N) is 1. The monoisotopic (exact) mass is 327 g/mol. The van der Waals surface area contributed by atoms with Gasteiger partial charge in [0.15, 0.2) is 0 Å². The molecule has 2 aromatic carbocycles. The largest absolute Gasteiger partial charge is 0.480 e. The average molecular weight is 327 g/mol. The topological polar surface area (TPSA) is 38.3 Å². The van der Waals surface area contributed by atoms with Gasteiger partial charge in [0.2, 0.25) is 5.91 Å². The summed E-state index contributed by atoms with van der Waals surface area (Å²) in [5, 5.41) is 2.89. The number of fused-ring (bicyclic) bond motifs is 1. The minimum Gasteiger partial charge on any atom is -0.480 e. The summed E-state index contributed by atoms with van der Waals surface area (Å²) >= 11 is 4.52. The van der Waals surface area contributed by atoms with E-state index in [1.165, 1.54) is 5.56 Å². The van der Waals surface area contributed by atoms with E-state index >= 15 is 0 Å². The molecule has 1 aliphatic heterocycles. The van der Waals surface area contributed by atoms with Gasteiger partial charge in [-0.15, -0.1) is 12.6 Å². The summed E-state index contributed by atoms with van der Waals surface area (Å²) in [5.41, 5.74) is 3.22. The first kappa shape index (κ1) is 15.9. The van der Waals surface area contributed by atoms with E-state index in [1.54, 1.807) is 0 Å². The molecule has 23 heavy (non-hydrogen) atoms. The predicted molar refractivity (Wildman–Crippen MR) is 96.2 cm³/mol. The number of benzene rings is 2. The summed E-state index contributed by atoms with van der Waals surface area (Å²) in [6.45, 7) is 0.